The summed E-state index contributed by atoms with van der Waals surface area (Å²) in [5.74, 6) is 0.494. The smallest absolute Gasteiger partial charge is 0.264 e. The Kier molecular flexibility index (Phi) is 3.39. The number of ether oxygens (including phenoxy) is 1. The molecular formula is C16H24O4S. The first kappa shape index (κ1) is 15.3. The monoisotopic (exact) mass is 312 g/mol. The van der Waals surface area contributed by atoms with E-state index in [1.165, 1.54) is 5.57 Å². The molecule has 118 valence electrons. The third-order valence-corrected chi connectivity index (χ3v) is 5.89. The lowest BCUT2D eigenvalue weighted by molar-refractivity contribution is 0.168. The van der Waals surface area contributed by atoms with Gasteiger partial charge in [0, 0.05) is 17.3 Å². The predicted molar refractivity (Wildman–Crippen MR) is 81.3 cm³/mol. The van der Waals surface area contributed by atoms with Crippen LogP contribution in [0.25, 0.3) is 0 Å². The summed E-state index contributed by atoms with van der Waals surface area (Å²) in [7, 11) is -3.45. The van der Waals surface area contributed by atoms with Gasteiger partial charge in [0.25, 0.3) is 10.1 Å². The van der Waals surface area contributed by atoms with E-state index in [-0.39, 0.29) is 16.9 Å². The van der Waals surface area contributed by atoms with Crippen molar-refractivity contribution in [3.63, 3.8) is 0 Å². The minimum Gasteiger partial charge on any atom is -0.369 e. The zero-order chi connectivity index (χ0) is 15.5. The fourth-order valence-electron chi connectivity index (χ4n) is 3.72. The first-order valence-corrected chi connectivity index (χ1v) is 9.38. The maximum Gasteiger partial charge on any atom is 0.264 e. The SMILES string of the molecule is C[C@H]1C2=C[C@H](C3(C)CO3)CC[C@@]2(C)C=C[C@@H]1OS(C)(=O)=O. The molecule has 0 N–H and O–H groups in total. The van der Waals surface area contributed by atoms with Gasteiger partial charge in [-0.25, -0.2) is 0 Å². The van der Waals surface area contributed by atoms with Gasteiger partial charge < -0.3 is 4.74 Å². The summed E-state index contributed by atoms with van der Waals surface area (Å²) in [6.45, 7) is 7.27. The Balaban J connectivity index is 1.91. The van der Waals surface area contributed by atoms with Crippen molar-refractivity contribution in [2.24, 2.45) is 17.3 Å². The zero-order valence-electron chi connectivity index (χ0n) is 13.1. The van der Waals surface area contributed by atoms with Gasteiger partial charge in [0.05, 0.1) is 18.5 Å². The van der Waals surface area contributed by atoms with Crippen molar-refractivity contribution >= 4 is 10.1 Å². The second-order valence-electron chi connectivity index (χ2n) is 7.20. The second kappa shape index (κ2) is 4.67. The van der Waals surface area contributed by atoms with Crippen LogP contribution in [0.4, 0.5) is 0 Å². The van der Waals surface area contributed by atoms with Crippen molar-refractivity contribution in [1.82, 2.24) is 0 Å². The van der Waals surface area contributed by atoms with E-state index in [9.17, 15) is 8.42 Å². The highest BCUT2D eigenvalue weighted by Crippen LogP contribution is 2.52. The van der Waals surface area contributed by atoms with Crippen LogP contribution in [0.1, 0.15) is 33.6 Å². The third-order valence-electron chi connectivity index (χ3n) is 5.32. The minimum atomic E-state index is -3.45. The van der Waals surface area contributed by atoms with Crippen molar-refractivity contribution in [2.45, 2.75) is 45.3 Å². The molecule has 0 saturated carbocycles. The number of hydrogen-bond acceptors (Lipinski definition) is 4. The maximum absolute atomic E-state index is 11.4. The fourth-order valence-corrected chi connectivity index (χ4v) is 4.35. The van der Waals surface area contributed by atoms with E-state index in [1.54, 1.807) is 0 Å². The average molecular weight is 312 g/mol. The van der Waals surface area contributed by atoms with Gasteiger partial charge in [0.2, 0.25) is 0 Å². The molecule has 0 aromatic rings. The number of hydrogen-bond donors (Lipinski definition) is 0. The van der Waals surface area contributed by atoms with Crippen LogP contribution in [0.2, 0.25) is 0 Å². The topological polar surface area (TPSA) is 55.9 Å². The molecule has 5 heteroatoms. The first-order valence-electron chi connectivity index (χ1n) is 7.57. The van der Waals surface area contributed by atoms with Gasteiger partial charge >= 0.3 is 0 Å². The molecule has 1 saturated heterocycles. The van der Waals surface area contributed by atoms with Crippen LogP contribution < -0.4 is 0 Å². The van der Waals surface area contributed by atoms with E-state index in [2.05, 4.69) is 32.9 Å². The summed E-state index contributed by atoms with van der Waals surface area (Å²) in [6.07, 6.45) is 9.27. The summed E-state index contributed by atoms with van der Waals surface area (Å²) >= 11 is 0. The Morgan fingerprint density at radius 2 is 2.05 bits per heavy atom. The van der Waals surface area contributed by atoms with Crippen molar-refractivity contribution in [3.05, 3.63) is 23.8 Å². The lowest BCUT2D eigenvalue weighted by Crippen LogP contribution is -2.39. The number of epoxide rings is 1. The highest BCUT2D eigenvalue weighted by atomic mass is 32.2. The molecule has 3 aliphatic rings. The van der Waals surface area contributed by atoms with Gasteiger partial charge in [-0.1, -0.05) is 37.6 Å². The van der Waals surface area contributed by atoms with Crippen LogP contribution in [-0.2, 0) is 19.0 Å². The summed E-state index contributed by atoms with van der Waals surface area (Å²) < 4.78 is 33.7. The molecule has 1 unspecified atom stereocenters. The molecule has 0 spiro atoms. The number of allylic oxidation sites excluding steroid dienone is 1. The van der Waals surface area contributed by atoms with Crippen molar-refractivity contribution in [2.75, 3.05) is 12.9 Å². The molecular weight excluding hydrogens is 288 g/mol. The van der Waals surface area contributed by atoms with Crippen LogP contribution in [0.15, 0.2) is 23.8 Å². The Bertz CT molecular complexity index is 600. The molecule has 2 aliphatic carbocycles. The van der Waals surface area contributed by atoms with Crippen molar-refractivity contribution < 1.29 is 17.3 Å². The van der Waals surface area contributed by atoms with Gasteiger partial charge in [-0.15, -0.1) is 0 Å². The largest absolute Gasteiger partial charge is 0.369 e. The van der Waals surface area contributed by atoms with E-state index in [4.69, 9.17) is 8.92 Å². The lowest BCUT2D eigenvalue weighted by atomic mass is 9.62. The van der Waals surface area contributed by atoms with Crippen LogP contribution >= 0.6 is 0 Å². The third kappa shape index (κ3) is 2.83. The summed E-state index contributed by atoms with van der Waals surface area (Å²) in [4.78, 5) is 0. The molecule has 1 heterocycles. The molecule has 0 bridgehead atoms. The first-order chi connectivity index (χ1) is 9.63. The molecule has 1 fully saturated rings. The predicted octanol–water partition coefficient (Wildman–Crippen LogP) is 2.67. The highest BCUT2D eigenvalue weighted by molar-refractivity contribution is 7.86. The quantitative estimate of drug-likeness (QED) is 0.457. The fraction of sp³-hybridized carbons (Fsp3) is 0.750. The molecule has 0 radical (unpaired) electrons. The lowest BCUT2D eigenvalue weighted by Gasteiger charge is -2.44. The summed E-state index contributed by atoms with van der Waals surface area (Å²) in [6, 6.07) is 0. The van der Waals surface area contributed by atoms with E-state index in [0.717, 1.165) is 25.7 Å². The standard InChI is InChI=1S/C16H24O4S/c1-11-13-9-12(16(3)10-19-16)5-7-15(13,2)8-6-14(11)20-21(4,17)18/h6,8-9,11-12,14H,5,7,10H2,1-4H3/t11-,12+,14-,15-,16?/m0/s1. The maximum atomic E-state index is 11.4. The van der Waals surface area contributed by atoms with Gasteiger partial charge in [-0.05, 0) is 19.8 Å². The molecule has 0 aromatic carbocycles. The van der Waals surface area contributed by atoms with Crippen molar-refractivity contribution in [1.29, 1.82) is 0 Å². The normalized spacial score (nSPS) is 45.9. The van der Waals surface area contributed by atoms with Crippen molar-refractivity contribution in [3.8, 4) is 0 Å². The average Bonchev–Trinajstić information content (AvgIpc) is 3.11. The highest BCUT2D eigenvalue weighted by Gasteiger charge is 2.50. The van der Waals surface area contributed by atoms with E-state index in [0.29, 0.717) is 5.92 Å². The van der Waals surface area contributed by atoms with E-state index < -0.39 is 16.2 Å². The molecule has 5 atom stereocenters. The Morgan fingerprint density at radius 3 is 2.62 bits per heavy atom. The number of rotatable bonds is 3. The Morgan fingerprint density at radius 1 is 1.38 bits per heavy atom. The van der Waals surface area contributed by atoms with Gasteiger partial charge in [0.1, 0.15) is 6.10 Å². The Labute approximate surface area is 127 Å². The second-order valence-corrected chi connectivity index (χ2v) is 8.80. The minimum absolute atomic E-state index is 0.0115. The van der Waals surface area contributed by atoms with Crippen LogP contribution in [0.3, 0.4) is 0 Å². The van der Waals surface area contributed by atoms with E-state index >= 15 is 0 Å². The van der Waals surface area contributed by atoms with E-state index in [1.807, 2.05) is 6.08 Å². The van der Waals surface area contributed by atoms with Gasteiger partial charge in [-0.3, -0.25) is 4.18 Å². The molecule has 21 heavy (non-hydrogen) atoms. The summed E-state index contributed by atoms with van der Waals surface area (Å²) in [5, 5.41) is 0. The van der Waals surface area contributed by atoms with Gasteiger partial charge in [-0.2, -0.15) is 8.42 Å². The molecule has 0 amide bonds. The van der Waals surface area contributed by atoms with Crippen LogP contribution in [-0.4, -0.2) is 33.0 Å². The molecule has 1 aliphatic heterocycles. The molecule has 4 nitrogen and oxygen atoms in total. The van der Waals surface area contributed by atoms with Crippen LogP contribution in [0.5, 0.6) is 0 Å². The molecule has 0 aromatic heterocycles. The Hall–Kier alpha value is -0.650. The van der Waals surface area contributed by atoms with Crippen LogP contribution in [0, 0.1) is 17.3 Å². The van der Waals surface area contributed by atoms with Gasteiger partial charge in [0.15, 0.2) is 0 Å². The number of fused-ring (bicyclic) bond motifs is 1. The zero-order valence-corrected chi connectivity index (χ0v) is 13.9. The molecule has 3 rings (SSSR count). The summed E-state index contributed by atoms with van der Waals surface area (Å²) in [5.41, 5.74) is 1.31.